The molecule has 12 aromatic rings. The van der Waals surface area contributed by atoms with E-state index in [0.717, 1.165) is 98.9 Å². The minimum atomic E-state index is 0.548. The molecule has 0 N–H and O–H groups in total. The number of aromatic nitrogens is 6. The van der Waals surface area contributed by atoms with Crippen molar-refractivity contribution in [2.75, 3.05) is 0 Å². The molecule has 0 saturated heterocycles. The number of rotatable bonds is 8. The van der Waals surface area contributed by atoms with Gasteiger partial charge in [-0.15, -0.1) is 11.3 Å². The molecule has 302 valence electrons. The summed E-state index contributed by atoms with van der Waals surface area (Å²) in [4.78, 5) is 26.0. The second-order valence-corrected chi connectivity index (χ2v) is 16.7. The molecule has 0 amide bonds. The topological polar surface area (TPSA) is 82.5 Å². The lowest BCUT2D eigenvalue weighted by Crippen LogP contribution is -2.01. The summed E-state index contributed by atoms with van der Waals surface area (Å²) in [5.41, 5.74) is 12.0. The minimum Gasteiger partial charge on any atom is -0.456 e. The van der Waals surface area contributed by atoms with Crippen LogP contribution in [0.1, 0.15) is 18.2 Å². The first kappa shape index (κ1) is 37.4. The minimum absolute atomic E-state index is 0.548. The maximum absolute atomic E-state index is 6.67. The summed E-state index contributed by atoms with van der Waals surface area (Å²) in [5, 5.41) is 4.07. The Kier molecular flexibility index (Phi) is 8.91. The number of furan rings is 1. The summed E-state index contributed by atoms with van der Waals surface area (Å²) in [6, 6.07) is 57.9. The Labute approximate surface area is 372 Å². The van der Waals surface area contributed by atoms with E-state index in [1.807, 2.05) is 67.6 Å². The summed E-state index contributed by atoms with van der Waals surface area (Å²) >= 11 is 1.73. The monoisotopic (exact) mass is 840 g/mol. The number of thiophene rings is 1. The molecular formula is C56H36N6OS. The summed E-state index contributed by atoms with van der Waals surface area (Å²) in [5.74, 6) is 2.33. The molecule has 5 aromatic heterocycles. The molecule has 7 nitrogen and oxygen atoms in total. The molecule has 0 spiro atoms. The first-order valence-electron chi connectivity index (χ1n) is 21.1. The molecule has 0 unspecified atom stereocenters. The number of hydrogen-bond acceptors (Lipinski definition) is 7. The van der Waals surface area contributed by atoms with Gasteiger partial charge < -0.3 is 8.98 Å². The number of allylic oxidation sites excluding steroid dienone is 1. The van der Waals surface area contributed by atoms with Crippen molar-refractivity contribution in [3.63, 3.8) is 0 Å². The van der Waals surface area contributed by atoms with E-state index in [9.17, 15) is 0 Å². The highest BCUT2D eigenvalue weighted by atomic mass is 32.1. The lowest BCUT2D eigenvalue weighted by Gasteiger charge is -2.11. The van der Waals surface area contributed by atoms with Crippen LogP contribution in [0.3, 0.4) is 0 Å². The fourth-order valence-corrected chi connectivity index (χ4v) is 10.0. The van der Waals surface area contributed by atoms with Gasteiger partial charge in [-0.25, -0.2) is 24.9 Å². The van der Waals surface area contributed by atoms with Crippen LogP contribution in [0.2, 0.25) is 0 Å². The SMILES string of the molecule is C=Cc1c(/C=C\C)n(-c2ccccc2)c2cc(-c3nc(-c4ccccc4)nc(-c4cccc5oc6cc(-c7nc(-c8ccccc8)c8sc9ccccc9c8n7)ccc6c45)n3)ccc12. The van der Waals surface area contributed by atoms with Crippen molar-refractivity contribution in [1.29, 1.82) is 0 Å². The van der Waals surface area contributed by atoms with Crippen LogP contribution in [0.25, 0.3) is 128 Å². The molecule has 0 aliphatic heterocycles. The smallest absolute Gasteiger partial charge is 0.164 e. The van der Waals surface area contributed by atoms with E-state index >= 15 is 0 Å². The lowest BCUT2D eigenvalue weighted by atomic mass is 10.0. The molecule has 0 aliphatic carbocycles. The molecular weight excluding hydrogens is 805 g/mol. The number of hydrogen-bond donors (Lipinski definition) is 0. The van der Waals surface area contributed by atoms with Gasteiger partial charge in [-0.2, -0.15) is 0 Å². The Morgan fingerprint density at radius 1 is 0.547 bits per heavy atom. The van der Waals surface area contributed by atoms with E-state index in [1.165, 1.54) is 4.70 Å². The molecule has 5 heterocycles. The fourth-order valence-electron chi connectivity index (χ4n) is 8.87. The highest BCUT2D eigenvalue weighted by Crippen LogP contribution is 2.42. The van der Waals surface area contributed by atoms with E-state index in [1.54, 1.807) is 11.3 Å². The predicted molar refractivity (Wildman–Crippen MR) is 264 cm³/mol. The van der Waals surface area contributed by atoms with Crippen LogP contribution in [0.4, 0.5) is 0 Å². The van der Waals surface area contributed by atoms with Gasteiger partial charge in [-0.1, -0.05) is 146 Å². The fraction of sp³-hybridized carbons (Fsp3) is 0.0179. The van der Waals surface area contributed by atoms with E-state index in [-0.39, 0.29) is 0 Å². The molecule has 0 bridgehead atoms. The molecule has 12 rings (SSSR count). The van der Waals surface area contributed by atoms with Crippen LogP contribution in [0.15, 0.2) is 187 Å². The Bertz CT molecular complexity index is 3810. The van der Waals surface area contributed by atoms with Crippen LogP contribution in [0, 0.1) is 0 Å². The van der Waals surface area contributed by atoms with Gasteiger partial charge in [0.2, 0.25) is 0 Å². The van der Waals surface area contributed by atoms with E-state index < -0.39 is 0 Å². The average Bonchev–Trinajstić information content (AvgIpc) is 4.03. The van der Waals surface area contributed by atoms with Gasteiger partial charge in [-0.3, -0.25) is 0 Å². The third-order valence-corrected chi connectivity index (χ3v) is 12.9. The van der Waals surface area contributed by atoms with Crippen molar-refractivity contribution in [1.82, 2.24) is 29.5 Å². The number of para-hydroxylation sites is 1. The Hall–Kier alpha value is -8.33. The molecule has 0 atom stereocenters. The highest BCUT2D eigenvalue weighted by molar-refractivity contribution is 7.26. The third-order valence-electron chi connectivity index (χ3n) is 11.8. The van der Waals surface area contributed by atoms with Gasteiger partial charge in [0.1, 0.15) is 11.2 Å². The van der Waals surface area contributed by atoms with Crippen LogP contribution in [-0.2, 0) is 0 Å². The Morgan fingerprint density at radius 2 is 1.20 bits per heavy atom. The number of fused-ring (bicyclic) bond motifs is 7. The highest BCUT2D eigenvalue weighted by Gasteiger charge is 2.22. The van der Waals surface area contributed by atoms with E-state index in [2.05, 4.69) is 139 Å². The predicted octanol–water partition coefficient (Wildman–Crippen LogP) is 14.9. The lowest BCUT2D eigenvalue weighted by molar-refractivity contribution is 0.669. The Balaban J connectivity index is 1.03. The van der Waals surface area contributed by atoms with Crippen molar-refractivity contribution in [3.8, 4) is 62.5 Å². The van der Waals surface area contributed by atoms with Gasteiger partial charge in [-0.05, 0) is 55.5 Å². The number of nitrogens with zero attached hydrogens (tertiary/aromatic N) is 6. The summed E-state index contributed by atoms with van der Waals surface area (Å²) < 4.78 is 11.2. The molecule has 0 radical (unpaired) electrons. The largest absolute Gasteiger partial charge is 0.456 e. The van der Waals surface area contributed by atoms with Gasteiger partial charge in [0, 0.05) is 65.3 Å². The first-order chi connectivity index (χ1) is 31.6. The van der Waals surface area contributed by atoms with Crippen molar-refractivity contribution < 1.29 is 4.42 Å². The maximum atomic E-state index is 6.67. The quantitative estimate of drug-likeness (QED) is 0.152. The van der Waals surface area contributed by atoms with Gasteiger partial charge >= 0.3 is 0 Å². The van der Waals surface area contributed by atoms with Crippen molar-refractivity contribution in [2.24, 2.45) is 0 Å². The summed E-state index contributed by atoms with van der Waals surface area (Å²) in [6.07, 6.45) is 6.13. The first-order valence-corrected chi connectivity index (χ1v) is 22.0. The van der Waals surface area contributed by atoms with Crippen LogP contribution < -0.4 is 0 Å². The molecule has 0 aliphatic rings. The number of benzene rings is 7. The van der Waals surface area contributed by atoms with Gasteiger partial charge in [0.15, 0.2) is 23.3 Å². The maximum Gasteiger partial charge on any atom is 0.164 e. The summed E-state index contributed by atoms with van der Waals surface area (Å²) in [7, 11) is 0. The average molecular weight is 841 g/mol. The van der Waals surface area contributed by atoms with E-state index in [4.69, 9.17) is 29.3 Å². The molecule has 0 saturated carbocycles. The second-order valence-electron chi connectivity index (χ2n) is 15.6. The molecule has 64 heavy (non-hydrogen) atoms. The Morgan fingerprint density at radius 3 is 1.97 bits per heavy atom. The normalized spacial score (nSPS) is 11.8. The van der Waals surface area contributed by atoms with Crippen molar-refractivity contribution in [2.45, 2.75) is 6.92 Å². The molecule has 7 aromatic carbocycles. The third kappa shape index (κ3) is 6.14. The van der Waals surface area contributed by atoms with Crippen LogP contribution >= 0.6 is 11.3 Å². The van der Waals surface area contributed by atoms with Gasteiger partial charge in [0.05, 0.1) is 27.1 Å². The zero-order chi connectivity index (χ0) is 42.7. The van der Waals surface area contributed by atoms with Gasteiger partial charge in [0.25, 0.3) is 0 Å². The van der Waals surface area contributed by atoms with E-state index in [0.29, 0.717) is 23.3 Å². The molecule has 8 heteroatoms. The van der Waals surface area contributed by atoms with Crippen LogP contribution in [0.5, 0.6) is 0 Å². The second kappa shape index (κ2) is 15.2. The zero-order valence-corrected chi connectivity index (χ0v) is 35.4. The van der Waals surface area contributed by atoms with Crippen LogP contribution in [-0.4, -0.2) is 29.5 Å². The van der Waals surface area contributed by atoms with Crippen molar-refractivity contribution >= 4 is 76.6 Å². The molecule has 0 fully saturated rings. The zero-order valence-electron chi connectivity index (χ0n) is 34.6. The standard InChI is InChI=1S/C56H36N6OS/c1-3-17-44-39(4-2)40-30-28-36(32-45(40)62(44)38-22-12-7-13-23-38)55-59-53(35-20-10-6-11-21-35)60-56(61-55)43-25-16-26-46-49(43)41-31-29-37(33-47(41)63-46)54-57-50(34-18-8-5-9-19-34)52-51(58-54)42-24-14-15-27-48(42)64-52/h3-33H,2H2,1H3/b17-3-. The van der Waals surface area contributed by atoms with Crippen molar-refractivity contribution in [3.05, 3.63) is 194 Å². The summed E-state index contributed by atoms with van der Waals surface area (Å²) in [6.45, 7) is 6.24.